The van der Waals surface area contributed by atoms with E-state index in [1.165, 1.54) is 5.56 Å². The number of carbonyl (C=O) groups excluding carboxylic acids is 1. The number of hydrogen-bond donors (Lipinski definition) is 2. The highest BCUT2D eigenvalue weighted by molar-refractivity contribution is 6.34. The van der Waals surface area contributed by atoms with Crippen molar-refractivity contribution < 1.29 is 9.53 Å². The number of nitrogens with one attached hydrogen (secondary N) is 2. The van der Waals surface area contributed by atoms with Gasteiger partial charge in [-0.05, 0) is 74.1 Å². The molecule has 1 aliphatic rings. The Balaban J connectivity index is 1.58. The van der Waals surface area contributed by atoms with Crippen LogP contribution >= 0.6 is 11.6 Å². The zero-order chi connectivity index (χ0) is 21.8. The van der Waals surface area contributed by atoms with E-state index in [1.807, 2.05) is 56.3 Å². The molecule has 31 heavy (non-hydrogen) atoms. The zero-order valence-corrected chi connectivity index (χ0v) is 18.6. The first-order chi connectivity index (χ1) is 15.0. The molecule has 3 aromatic carbocycles. The van der Waals surface area contributed by atoms with Gasteiger partial charge in [-0.2, -0.15) is 0 Å². The van der Waals surface area contributed by atoms with Crippen molar-refractivity contribution in [1.82, 2.24) is 5.32 Å². The van der Waals surface area contributed by atoms with Crippen LogP contribution in [0.2, 0.25) is 5.02 Å². The summed E-state index contributed by atoms with van der Waals surface area (Å²) in [5.41, 5.74) is 4.49. The molecule has 0 radical (unpaired) electrons. The summed E-state index contributed by atoms with van der Waals surface area (Å²) in [5, 5.41) is 6.82. The van der Waals surface area contributed by atoms with E-state index in [-0.39, 0.29) is 11.9 Å². The van der Waals surface area contributed by atoms with Gasteiger partial charge < -0.3 is 15.4 Å². The SMILES string of the molecule is CC(C)NC(=O)c1c(Cl)cccc1Nc1ccc(OCc2ccccc2)cc1C1CC1. The lowest BCUT2D eigenvalue weighted by Crippen LogP contribution is -2.30. The fourth-order valence-corrected chi connectivity index (χ4v) is 3.82. The number of amides is 1. The maximum absolute atomic E-state index is 12.7. The van der Waals surface area contributed by atoms with Crippen molar-refractivity contribution in [1.29, 1.82) is 0 Å². The Hall–Kier alpha value is -2.98. The summed E-state index contributed by atoms with van der Waals surface area (Å²) in [4.78, 5) is 12.7. The fraction of sp³-hybridized carbons (Fsp3) is 0.269. The Morgan fingerprint density at radius 2 is 1.81 bits per heavy atom. The normalized spacial score (nSPS) is 13.2. The highest BCUT2D eigenvalue weighted by atomic mass is 35.5. The maximum Gasteiger partial charge on any atom is 0.255 e. The molecule has 3 aromatic rings. The summed E-state index contributed by atoms with van der Waals surface area (Å²) in [6.45, 7) is 4.40. The van der Waals surface area contributed by atoms with Crippen LogP contribution in [0.15, 0.2) is 66.7 Å². The Morgan fingerprint density at radius 3 is 2.52 bits per heavy atom. The molecule has 0 unspecified atom stereocenters. The molecule has 160 valence electrons. The highest BCUT2D eigenvalue weighted by Crippen LogP contribution is 2.45. The second kappa shape index (κ2) is 9.44. The number of hydrogen-bond acceptors (Lipinski definition) is 3. The van der Waals surface area contributed by atoms with E-state index in [4.69, 9.17) is 16.3 Å². The van der Waals surface area contributed by atoms with Gasteiger partial charge in [0.1, 0.15) is 12.4 Å². The van der Waals surface area contributed by atoms with Crippen molar-refractivity contribution in [3.05, 3.63) is 88.4 Å². The molecule has 4 nitrogen and oxygen atoms in total. The van der Waals surface area contributed by atoms with Crippen molar-refractivity contribution in [2.24, 2.45) is 0 Å². The van der Waals surface area contributed by atoms with Gasteiger partial charge in [0, 0.05) is 11.7 Å². The average molecular weight is 435 g/mol. The second-order valence-electron chi connectivity index (χ2n) is 8.21. The van der Waals surface area contributed by atoms with Gasteiger partial charge in [-0.3, -0.25) is 4.79 Å². The van der Waals surface area contributed by atoms with Crippen LogP contribution in [0.4, 0.5) is 11.4 Å². The number of anilines is 2. The lowest BCUT2D eigenvalue weighted by Gasteiger charge is -2.18. The van der Waals surface area contributed by atoms with E-state index >= 15 is 0 Å². The summed E-state index contributed by atoms with van der Waals surface area (Å²) in [6, 6.07) is 21.8. The lowest BCUT2D eigenvalue weighted by atomic mass is 10.1. The third-order valence-electron chi connectivity index (χ3n) is 5.22. The van der Waals surface area contributed by atoms with Crippen molar-refractivity contribution >= 4 is 28.9 Å². The predicted molar refractivity (Wildman–Crippen MR) is 127 cm³/mol. The van der Waals surface area contributed by atoms with Gasteiger partial charge in [0.05, 0.1) is 16.3 Å². The smallest absolute Gasteiger partial charge is 0.255 e. The van der Waals surface area contributed by atoms with Crippen LogP contribution in [0, 0.1) is 0 Å². The van der Waals surface area contributed by atoms with Crippen LogP contribution in [0.3, 0.4) is 0 Å². The molecule has 5 heteroatoms. The number of ether oxygens (including phenoxy) is 1. The summed E-state index contributed by atoms with van der Waals surface area (Å²) >= 11 is 6.39. The largest absolute Gasteiger partial charge is 0.489 e. The molecule has 0 spiro atoms. The first kappa shape index (κ1) is 21.3. The van der Waals surface area contributed by atoms with Gasteiger partial charge in [-0.15, -0.1) is 0 Å². The van der Waals surface area contributed by atoms with Gasteiger partial charge in [-0.1, -0.05) is 48.0 Å². The molecule has 4 rings (SSSR count). The molecule has 2 N–H and O–H groups in total. The molecule has 0 heterocycles. The van der Waals surface area contributed by atoms with Crippen molar-refractivity contribution in [2.45, 2.75) is 45.3 Å². The maximum atomic E-state index is 12.7. The lowest BCUT2D eigenvalue weighted by molar-refractivity contribution is 0.0944. The van der Waals surface area contributed by atoms with Crippen LogP contribution in [0.5, 0.6) is 5.75 Å². The molecular weight excluding hydrogens is 408 g/mol. The van der Waals surface area contributed by atoms with E-state index < -0.39 is 0 Å². The molecule has 1 aliphatic carbocycles. The summed E-state index contributed by atoms with van der Waals surface area (Å²) < 4.78 is 6.03. The van der Waals surface area contributed by atoms with E-state index in [0.29, 0.717) is 28.8 Å². The summed E-state index contributed by atoms with van der Waals surface area (Å²) in [6.07, 6.45) is 2.32. The van der Waals surface area contributed by atoms with Crippen molar-refractivity contribution in [3.63, 3.8) is 0 Å². The topological polar surface area (TPSA) is 50.4 Å². The summed E-state index contributed by atoms with van der Waals surface area (Å²) in [5.74, 6) is 1.17. The fourth-order valence-electron chi connectivity index (χ4n) is 3.56. The number of halogens is 1. The van der Waals surface area contributed by atoms with Crippen LogP contribution < -0.4 is 15.4 Å². The van der Waals surface area contributed by atoms with Gasteiger partial charge in [0.2, 0.25) is 0 Å². The van der Waals surface area contributed by atoms with Crippen LogP contribution in [-0.4, -0.2) is 11.9 Å². The molecule has 0 saturated heterocycles. The third-order valence-corrected chi connectivity index (χ3v) is 5.53. The minimum atomic E-state index is -0.182. The molecule has 1 saturated carbocycles. The monoisotopic (exact) mass is 434 g/mol. The Bertz CT molecular complexity index is 1060. The number of carbonyl (C=O) groups is 1. The van der Waals surface area contributed by atoms with Crippen LogP contribution in [0.1, 0.15) is 54.1 Å². The van der Waals surface area contributed by atoms with E-state index in [1.54, 1.807) is 6.07 Å². The van der Waals surface area contributed by atoms with Crippen LogP contribution in [0.25, 0.3) is 0 Å². The molecule has 1 fully saturated rings. The second-order valence-corrected chi connectivity index (χ2v) is 8.62. The van der Waals surface area contributed by atoms with Gasteiger partial charge in [0.15, 0.2) is 0 Å². The molecule has 1 amide bonds. The predicted octanol–water partition coefficient (Wildman–Crippen LogP) is 6.68. The Morgan fingerprint density at radius 1 is 1.03 bits per heavy atom. The quantitative estimate of drug-likeness (QED) is 0.415. The van der Waals surface area contributed by atoms with Crippen molar-refractivity contribution in [3.8, 4) is 5.75 Å². The molecule has 0 atom stereocenters. The highest BCUT2D eigenvalue weighted by Gasteiger charge is 2.27. The average Bonchev–Trinajstić information content (AvgIpc) is 3.58. The van der Waals surface area contributed by atoms with Crippen molar-refractivity contribution in [2.75, 3.05) is 5.32 Å². The Labute approximate surface area is 188 Å². The molecule has 0 aromatic heterocycles. The first-order valence-electron chi connectivity index (χ1n) is 10.7. The zero-order valence-electron chi connectivity index (χ0n) is 17.8. The molecule has 0 aliphatic heterocycles. The minimum Gasteiger partial charge on any atom is -0.489 e. The molecule has 0 bridgehead atoms. The standard InChI is InChI=1S/C26H27ClN2O2/c1-17(2)28-26(30)25-22(27)9-6-10-24(25)29-23-14-13-20(15-21(23)19-11-12-19)31-16-18-7-4-3-5-8-18/h3-10,13-15,17,19,29H,11-12,16H2,1-2H3,(H,28,30). The first-order valence-corrected chi connectivity index (χ1v) is 11.1. The van der Waals surface area contributed by atoms with E-state index in [9.17, 15) is 4.79 Å². The van der Waals surface area contributed by atoms with E-state index in [2.05, 4.69) is 28.8 Å². The van der Waals surface area contributed by atoms with Gasteiger partial charge in [-0.25, -0.2) is 0 Å². The third kappa shape index (κ3) is 5.39. The van der Waals surface area contributed by atoms with Gasteiger partial charge >= 0.3 is 0 Å². The number of benzene rings is 3. The summed E-state index contributed by atoms with van der Waals surface area (Å²) in [7, 11) is 0. The minimum absolute atomic E-state index is 0.0275. The Kier molecular flexibility index (Phi) is 6.47. The van der Waals surface area contributed by atoms with Gasteiger partial charge in [0.25, 0.3) is 5.91 Å². The number of rotatable bonds is 8. The van der Waals surface area contributed by atoms with Crippen LogP contribution in [-0.2, 0) is 6.61 Å². The van der Waals surface area contributed by atoms with E-state index in [0.717, 1.165) is 29.8 Å². The molecular formula is C26H27ClN2O2.